The van der Waals surface area contributed by atoms with Gasteiger partial charge in [0.15, 0.2) is 0 Å². The number of thioether (sulfide) groups is 1. The van der Waals surface area contributed by atoms with Crippen LogP contribution in [0.25, 0.3) is 0 Å². The van der Waals surface area contributed by atoms with E-state index in [2.05, 4.69) is 5.32 Å². The van der Waals surface area contributed by atoms with E-state index in [0.717, 1.165) is 14.8 Å². The van der Waals surface area contributed by atoms with E-state index in [0.29, 0.717) is 11.4 Å². The van der Waals surface area contributed by atoms with Crippen LogP contribution in [0.1, 0.15) is 5.56 Å². The highest BCUT2D eigenvalue weighted by molar-refractivity contribution is 7.98. The molecule has 0 heterocycles. The summed E-state index contributed by atoms with van der Waals surface area (Å²) in [4.78, 5) is 13.8. The highest BCUT2D eigenvalue weighted by atomic mass is 32.2. The van der Waals surface area contributed by atoms with Crippen LogP contribution in [0, 0.1) is 0 Å². The van der Waals surface area contributed by atoms with Crippen LogP contribution < -0.4 is 14.8 Å². The molecule has 0 bridgehead atoms. The first-order valence-electron chi connectivity index (χ1n) is 10.1. The zero-order chi connectivity index (χ0) is 23.8. The zero-order valence-corrected chi connectivity index (χ0v) is 20.3. The lowest BCUT2D eigenvalue weighted by Crippen LogP contribution is -2.37. The van der Waals surface area contributed by atoms with Gasteiger partial charge < -0.3 is 14.8 Å². The van der Waals surface area contributed by atoms with Crippen LogP contribution in [0.4, 0.5) is 5.69 Å². The molecule has 0 radical (unpaired) electrons. The van der Waals surface area contributed by atoms with Gasteiger partial charge in [0.1, 0.15) is 16.4 Å². The van der Waals surface area contributed by atoms with Gasteiger partial charge >= 0.3 is 0 Å². The molecule has 0 saturated carbocycles. The zero-order valence-electron chi connectivity index (χ0n) is 18.6. The molecule has 0 unspecified atom stereocenters. The molecule has 0 saturated heterocycles. The second kappa shape index (κ2) is 11.2. The molecule has 0 fully saturated rings. The Labute approximate surface area is 198 Å². The van der Waals surface area contributed by atoms with Crippen LogP contribution in [0.3, 0.4) is 0 Å². The van der Waals surface area contributed by atoms with Gasteiger partial charge in [0.2, 0.25) is 15.9 Å². The van der Waals surface area contributed by atoms with E-state index in [9.17, 15) is 13.2 Å². The maximum atomic E-state index is 13.7. The maximum absolute atomic E-state index is 13.7. The molecule has 0 aliphatic rings. The van der Waals surface area contributed by atoms with E-state index in [1.54, 1.807) is 12.1 Å². The number of amides is 1. The predicted octanol–water partition coefficient (Wildman–Crippen LogP) is 4.26. The maximum Gasteiger partial charge on any atom is 0.247 e. The number of para-hydroxylation sites is 1. The van der Waals surface area contributed by atoms with Crippen molar-refractivity contribution in [3.63, 3.8) is 0 Å². The molecule has 7 nitrogen and oxygen atoms in total. The lowest BCUT2D eigenvalue weighted by atomic mass is 10.2. The van der Waals surface area contributed by atoms with E-state index in [1.807, 2.05) is 54.8 Å². The number of carbonyl (C=O) groups excluding carboxylic acids is 1. The number of nitrogens with one attached hydrogen (secondary N) is 1. The Hall–Kier alpha value is -3.01. The van der Waals surface area contributed by atoms with Crippen LogP contribution in [0.2, 0.25) is 0 Å². The van der Waals surface area contributed by atoms with Crippen molar-refractivity contribution in [1.29, 1.82) is 0 Å². The first-order valence-corrected chi connectivity index (χ1v) is 12.7. The summed E-state index contributed by atoms with van der Waals surface area (Å²) in [6.07, 6.45) is 1.91. The van der Waals surface area contributed by atoms with E-state index >= 15 is 0 Å². The lowest BCUT2D eigenvalue weighted by Gasteiger charge is -2.23. The third-order valence-corrected chi connectivity index (χ3v) is 7.50. The topological polar surface area (TPSA) is 84.9 Å². The van der Waals surface area contributed by atoms with Crippen molar-refractivity contribution in [2.45, 2.75) is 16.3 Å². The van der Waals surface area contributed by atoms with E-state index in [4.69, 9.17) is 9.47 Å². The third-order valence-electron chi connectivity index (χ3n) is 4.89. The number of hydrogen-bond acceptors (Lipinski definition) is 6. The molecule has 1 N–H and O–H groups in total. The Balaban J connectivity index is 1.96. The summed E-state index contributed by atoms with van der Waals surface area (Å²) < 4.78 is 39.1. The monoisotopic (exact) mass is 486 g/mol. The Morgan fingerprint density at radius 3 is 2.33 bits per heavy atom. The van der Waals surface area contributed by atoms with E-state index in [-0.39, 0.29) is 23.7 Å². The SMILES string of the molecule is COc1ccc(OC)c(S(=O)(=O)N(CC(=O)Nc2ccccc2SC)Cc2ccccc2)c1. The van der Waals surface area contributed by atoms with Gasteiger partial charge in [-0.15, -0.1) is 11.8 Å². The molecule has 3 aromatic rings. The highest BCUT2D eigenvalue weighted by Gasteiger charge is 2.30. The average Bonchev–Trinajstić information content (AvgIpc) is 2.84. The molecule has 174 valence electrons. The van der Waals surface area contributed by atoms with Crippen LogP contribution >= 0.6 is 11.8 Å². The molecular weight excluding hydrogens is 460 g/mol. The molecule has 1 amide bonds. The molecule has 0 spiro atoms. The highest BCUT2D eigenvalue weighted by Crippen LogP contribution is 2.31. The Morgan fingerprint density at radius 2 is 1.67 bits per heavy atom. The molecular formula is C24H26N2O5S2. The summed E-state index contributed by atoms with van der Waals surface area (Å²) in [5.41, 5.74) is 1.38. The number of anilines is 1. The summed E-state index contributed by atoms with van der Waals surface area (Å²) in [6, 6.07) is 21.0. The minimum atomic E-state index is -4.12. The van der Waals surface area contributed by atoms with Crippen molar-refractivity contribution in [3.8, 4) is 11.5 Å². The number of ether oxygens (including phenoxy) is 2. The molecule has 9 heteroatoms. The third kappa shape index (κ3) is 6.07. The Kier molecular flexibility index (Phi) is 8.37. The van der Waals surface area contributed by atoms with Gasteiger partial charge in [-0.2, -0.15) is 4.31 Å². The summed E-state index contributed by atoms with van der Waals surface area (Å²) in [5, 5.41) is 2.83. The number of methoxy groups -OCH3 is 2. The molecule has 0 aromatic heterocycles. The van der Waals surface area contributed by atoms with Gasteiger partial charge in [-0.05, 0) is 36.1 Å². The first-order chi connectivity index (χ1) is 15.9. The standard InChI is InChI=1S/C24H26N2O5S2/c1-30-19-13-14-21(31-2)23(15-19)33(28,29)26(16-18-9-5-4-6-10-18)17-24(27)25-20-11-7-8-12-22(20)32-3/h4-15H,16-17H2,1-3H3,(H,25,27). The summed E-state index contributed by atoms with van der Waals surface area (Å²) in [6.45, 7) is -0.360. The van der Waals surface area contributed by atoms with Gasteiger partial charge in [-0.3, -0.25) is 4.79 Å². The van der Waals surface area contributed by atoms with Crippen molar-refractivity contribution in [1.82, 2.24) is 4.31 Å². The lowest BCUT2D eigenvalue weighted by molar-refractivity contribution is -0.116. The molecule has 0 aliphatic heterocycles. The van der Waals surface area contributed by atoms with Crippen molar-refractivity contribution < 1.29 is 22.7 Å². The van der Waals surface area contributed by atoms with E-state index < -0.39 is 15.9 Å². The fraction of sp³-hybridized carbons (Fsp3) is 0.208. The Morgan fingerprint density at radius 1 is 0.970 bits per heavy atom. The van der Waals surface area contributed by atoms with Crippen LogP contribution in [0.5, 0.6) is 11.5 Å². The van der Waals surface area contributed by atoms with Crippen LogP contribution in [0.15, 0.2) is 82.6 Å². The largest absolute Gasteiger partial charge is 0.497 e. The number of sulfonamides is 1. The van der Waals surface area contributed by atoms with Gasteiger partial charge in [0.25, 0.3) is 0 Å². The average molecular weight is 487 g/mol. The number of hydrogen-bond donors (Lipinski definition) is 1. The predicted molar refractivity (Wildman–Crippen MR) is 130 cm³/mol. The fourth-order valence-electron chi connectivity index (χ4n) is 3.24. The summed E-state index contributed by atoms with van der Waals surface area (Å²) in [5.74, 6) is 0.0900. The molecule has 3 rings (SSSR count). The number of benzene rings is 3. The number of rotatable bonds is 10. The number of nitrogens with zero attached hydrogens (tertiary/aromatic N) is 1. The van der Waals surface area contributed by atoms with Crippen LogP contribution in [-0.2, 0) is 21.4 Å². The van der Waals surface area contributed by atoms with Crippen molar-refractivity contribution in [3.05, 3.63) is 78.4 Å². The minimum absolute atomic E-state index is 0.0150. The second-order valence-electron chi connectivity index (χ2n) is 7.02. The molecule has 0 aliphatic carbocycles. The van der Waals surface area contributed by atoms with Gasteiger partial charge in [-0.25, -0.2) is 8.42 Å². The van der Waals surface area contributed by atoms with Crippen molar-refractivity contribution >= 4 is 33.4 Å². The molecule has 3 aromatic carbocycles. The first kappa shape index (κ1) is 24.6. The van der Waals surface area contributed by atoms with Gasteiger partial charge in [-0.1, -0.05) is 42.5 Å². The quantitative estimate of drug-likeness (QED) is 0.431. The minimum Gasteiger partial charge on any atom is -0.497 e. The van der Waals surface area contributed by atoms with Crippen molar-refractivity contribution in [2.24, 2.45) is 0 Å². The molecule has 0 atom stereocenters. The summed E-state index contributed by atoms with van der Waals surface area (Å²) in [7, 11) is -1.26. The van der Waals surface area contributed by atoms with Crippen molar-refractivity contribution in [2.75, 3.05) is 32.3 Å². The molecule has 33 heavy (non-hydrogen) atoms. The second-order valence-corrected chi connectivity index (χ2v) is 9.78. The van der Waals surface area contributed by atoms with Crippen LogP contribution in [-0.4, -0.2) is 45.7 Å². The van der Waals surface area contributed by atoms with Gasteiger partial charge in [0, 0.05) is 17.5 Å². The smallest absolute Gasteiger partial charge is 0.247 e. The summed E-state index contributed by atoms with van der Waals surface area (Å²) >= 11 is 1.49. The fourth-order valence-corrected chi connectivity index (χ4v) is 5.34. The van der Waals surface area contributed by atoms with E-state index in [1.165, 1.54) is 38.1 Å². The normalized spacial score (nSPS) is 11.3. The van der Waals surface area contributed by atoms with Gasteiger partial charge in [0.05, 0.1) is 26.5 Å². The number of carbonyl (C=O) groups is 1. The Bertz CT molecular complexity index is 1200.